The van der Waals surface area contributed by atoms with Crippen LogP contribution in [0.1, 0.15) is 11.1 Å². The van der Waals surface area contributed by atoms with E-state index in [1.54, 1.807) is 18.0 Å². The van der Waals surface area contributed by atoms with Crippen LogP contribution in [-0.4, -0.2) is 74.0 Å². The van der Waals surface area contributed by atoms with Gasteiger partial charge in [-0.25, -0.2) is 4.99 Å². The molecule has 0 radical (unpaired) electrons. The second-order valence-corrected chi connectivity index (χ2v) is 8.30. The van der Waals surface area contributed by atoms with Gasteiger partial charge in [-0.1, -0.05) is 41.9 Å². The summed E-state index contributed by atoms with van der Waals surface area (Å²) >= 11 is 11.8. The maximum Gasteiger partial charge on any atom is 0.272 e. The smallest absolute Gasteiger partial charge is 0.272 e. The largest absolute Gasteiger partial charge is 0.351 e. The molecule has 1 aliphatic heterocycles. The molecule has 6 nitrogen and oxygen atoms in total. The topological polar surface area (TPSA) is 51.2 Å². The number of halogens is 1. The Morgan fingerprint density at radius 2 is 1.87 bits per heavy atom. The summed E-state index contributed by atoms with van der Waals surface area (Å²) in [7, 11) is 7.66. The van der Waals surface area contributed by atoms with Gasteiger partial charge in [0.1, 0.15) is 0 Å². The predicted octanol–water partition coefficient (Wildman–Crippen LogP) is 2.85. The molecule has 0 saturated carbocycles. The average molecular weight is 444 g/mol. The van der Waals surface area contributed by atoms with Crippen molar-refractivity contribution in [3.05, 3.63) is 64.7 Å². The summed E-state index contributed by atoms with van der Waals surface area (Å²) in [6.45, 7) is 1.58. The van der Waals surface area contributed by atoms with E-state index >= 15 is 0 Å². The Labute approximate surface area is 188 Å². The normalized spacial score (nSPS) is 16.1. The molecule has 0 aliphatic carbocycles. The van der Waals surface area contributed by atoms with Crippen molar-refractivity contribution < 1.29 is 4.79 Å². The third-order valence-electron chi connectivity index (χ3n) is 4.93. The van der Waals surface area contributed by atoms with Crippen molar-refractivity contribution in [2.24, 2.45) is 4.99 Å². The fourth-order valence-corrected chi connectivity index (χ4v) is 3.52. The second kappa shape index (κ2) is 9.55. The van der Waals surface area contributed by atoms with Gasteiger partial charge in [0.15, 0.2) is 5.11 Å². The SMILES string of the molecule is CN(C)CCN(C)C(=S)NC1N=C(c2ccccc2)c2cc(Cl)ccc2N(C)C1=O. The molecular formula is C22H26ClN5OS. The van der Waals surface area contributed by atoms with E-state index in [1.807, 2.05) is 68.5 Å². The van der Waals surface area contributed by atoms with Crippen LogP contribution >= 0.6 is 23.8 Å². The Balaban J connectivity index is 1.99. The molecule has 0 spiro atoms. The van der Waals surface area contributed by atoms with Gasteiger partial charge >= 0.3 is 0 Å². The highest BCUT2D eigenvalue weighted by atomic mass is 35.5. The highest BCUT2D eigenvalue weighted by Gasteiger charge is 2.31. The quantitative estimate of drug-likeness (QED) is 0.720. The molecule has 1 N–H and O–H groups in total. The van der Waals surface area contributed by atoms with E-state index in [1.165, 1.54) is 0 Å². The molecular weight excluding hydrogens is 418 g/mol. The minimum Gasteiger partial charge on any atom is -0.351 e. The van der Waals surface area contributed by atoms with Crippen molar-refractivity contribution >= 4 is 46.2 Å². The number of benzodiazepines with no additional fused rings is 1. The van der Waals surface area contributed by atoms with E-state index < -0.39 is 6.17 Å². The maximum absolute atomic E-state index is 13.2. The molecule has 1 heterocycles. The first kappa shape index (κ1) is 22.2. The molecule has 1 amide bonds. The molecule has 0 bridgehead atoms. The number of fused-ring (bicyclic) bond motifs is 1. The van der Waals surface area contributed by atoms with E-state index in [-0.39, 0.29) is 5.91 Å². The Morgan fingerprint density at radius 1 is 1.17 bits per heavy atom. The average Bonchev–Trinajstić information content (AvgIpc) is 2.83. The Hall–Kier alpha value is -2.48. The first-order chi connectivity index (χ1) is 14.3. The number of anilines is 1. The summed E-state index contributed by atoms with van der Waals surface area (Å²) in [5.74, 6) is -0.187. The van der Waals surface area contributed by atoms with Crippen LogP contribution in [0.4, 0.5) is 5.69 Å². The van der Waals surface area contributed by atoms with E-state index in [9.17, 15) is 4.79 Å². The molecule has 3 rings (SSSR count). The highest BCUT2D eigenvalue weighted by Crippen LogP contribution is 2.29. The lowest BCUT2D eigenvalue weighted by molar-refractivity contribution is -0.119. The zero-order valence-corrected chi connectivity index (χ0v) is 19.2. The van der Waals surface area contributed by atoms with Gasteiger partial charge in [0.25, 0.3) is 5.91 Å². The number of rotatable bonds is 5. The number of hydrogen-bond acceptors (Lipinski definition) is 4. The lowest BCUT2D eigenvalue weighted by atomic mass is 10.0. The number of thiocarbonyl (C=S) groups is 1. The van der Waals surface area contributed by atoms with Crippen LogP contribution in [0.25, 0.3) is 0 Å². The van der Waals surface area contributed by atoms with Crippen molar-refractivity contribution in [1.29, 1.82) is 0 Å². The molecule has 1 atom stereocenters. The van der Waals surface area contributed by atoms with Gasteiger partial charge < -0.3 is 20.0 Å². The standard InChI is InChI=1S/C22H26ClN5OS/c1-26(2)12-13-27(3)22(30)25-20-21(29)28(4)18-11-10-16(23)14-17(18)19(24-20)15-8-6-5-7-9-15/h5-11,14,20H,12-13H2,1-4H3,(H,25,30). The fraction of sp³-hybridized carbons (Fsp3) is 0.318. The fourth-order valence-electron chi connectivity index (χ4n) is 3.15. The molecule has 158 valence electrons. The first-order valence-electron chi connectivity index (χ1n) is 9.65. The molecule has 0 aromatic heterocycles. The summed E-state index contributed by atoms with van der Waals surface area (Å²) in [5, 5.41) is 4.20. The van der Waals surface area contributed by atoms with Crippen LogP contribution in [0, 0.1) is 0 Å². The number of likely N-dealkylation sites (N-methyl/N-ethyl adjacent to an activating group) is 3. The van der Waals surface area contributed by atoms with Crippen LogP contribution in [0.3, 0.4) is 0 Å². The van der Waals surface area contributed by atoms with Gasteiger partial charge in [0, 0.05) is 43.3 Å². The Kier molecular flexibility index (Phi) is 7.07. The summed E-state index contributed by atoms with van der Waals surface area (Å²) in [4.78, 5) is 23.6. The van der Waals surface area contributed by atoms with E-state index in [0.29, 0.717) is 15.8 Å². The van der Waals surface area contributed by atoms with E-state index in [2.05, 4.69) is 10.2 Å². The molecule has 2 aromatic rings. The van der Waals surface area contributed by atoms with Crippen molar-refractivity contribution in [3.63, 3.8) is 0 Å². The number of benzene rings is 2. The molecule has 1 unspecified atom stereocenters. The molecule has 2 aromatic carbocycles. The third-order valence-corrected chi connectivity index (χ3v) is 5.60. The summed E-state index contributed by atoms with van der Waals surface area (Å²) in [5.41, 5.74) is 3.16. The zero-order valence-electron chi connectivity index (χ0n) is 17.6. The van der Waals surface area contributed by atoms with Gasteiger partial charge in [-0.15, -0.1) is 0 Å². The molecule has 0 saturated heterocycles. The van der Waals surface area contributed by atoms with Crippen LogP contribution in [0.15, 0.2) is 53.5 Å². The van der Waals surface area contributed by atoms with E-state index in [0.717, 1.165) is 29.9 Å². The number of nitrogens with zero attached hydrogens (tertiary/aromatic N) is 4. The maximum atomic E-state index is 13.2. The summed E-state index contributed by atoms with van der Waals surface area (Å²) < 4.78 is 0. The van der Waals surface area contributed by atoms with Gasteiger partial charge in [-0.2, -0.15) is 0 Å². The number of carbonyl (C=O) groups is 1. The lowest BCUT2D eigenvalue weighted by Crippen LogP contribution is -2.50. The minimum absolute atomic E-state index is 0.187. The molecule has 0 fully saturated rings. The van der Waals surface area contributed by atoms with Crippen molar-refractivity contribution in [2.45, 2.75) is 6.17 Å². The second-order valence-electron chi connectivity index (χ2n) is 7.48. The van der Waals surface area contributed by atoms with Gasteiger partial charge in [-0.3, -0.25) is 4.79 Å². The van der Waals surface area contributed by atoms with Crippen LogP contribution in [0.2, 0.25) is 5.02 Å². The molecule has 8 heteroatoms. The third kappa shape index (κ3) is 4.98. The molecule has 1 aliphatic rings. The Morgan fingerprint density at radius 3 is 2.53 bits per heavy atom. The summed E-state index contributed by atoms with van der Waals surface area (Å²) in [6, 6.07) is 15.2. The van der Waals surface area contributed by atoms with Crippen molar-refractivity contribution in [3.8, 4) is 0 Å². The number of aliphatic imine (C=N–C) groups is 1. The lowest BCUT2D eigenvalue weighted by Gasteiger charge is -2.26. The van der Waals surface area contributed by atoms with Crippen LogP contribution in [0.5, 0.6) is 0 Å². The predicted molar refractivity (Wildman–Crippen MR) is 128 cm³/mol. The number of nitrogens with one attached hydrogen (secondary N) is 1. The number of hydrogen-bond donors (Lipinski definition) is 1. The number of amides is 1. The highest BCUT2D eigenvalue weighted by molar-refractivity contribution is 7.80. The van der Waals surface area contributed by atoms with Crippen molar-refractivity contribution in [1.82, 2.24) is 15.1 Å². The van der Waals surface area contributed by atoms with Gasteiger partial charge in [-0.05, 0) is 44.5 Å². The first-order valence-corrected chi connectivity index (χ1v) is 10.4. The van der Waals surface area contributed by atoms with Crippen molar-refractivity contribution in [2.75, 3.05) is 46.2 Å². The Bertz CT molecular complexity index is 963. The van der Waals surface area contributed by atoms with Crippen LogP contribution < -0.4 is 10.2 Å². The monoisotopic (exact) mass is 443 g/mol. The van der Waals surface area contributed by atoms with Gasteiger partial charge in [0.05, 0.1) is 11.4 Å². The van der Waals surface area contributed by atoms with Crippen LogP contribution in [-0.2, 0) is 4.79 Å². The van der Waals surface area contributed by atoms with Gasteiger partial charge in [0.2, 0.25) is 6.17 Å². The zero-order chi connectivity index (χ0) is 21.8. The number of carbonyl (C=O) groups excluding carboxylic acids is 1. The molecule has 30 heavy (non-hydrogen) atoms. The van der Waals surface area contributed by atoms with E-state index in [4.69, 9.17) is 28.8 Å². The summed E-state index contributed by atoms with van der Waals surface area (Å²) in [6.07, 6.45) is -0.842. The minimum atomic E-state index is -0.842.